The highest BCUT2D eigenvalue weighted by molar-refractivity contribution is 5.32. The number of aryl methyl sites for hydroxylation is 1. The van der Waals surface area contributed by atoms with Crippen LogP contribution in [0.5, 0.6) is 11.6 Å². The van der Waals surface area contributed by atoms with Crippen molar-refractivity contribution in [2.75, 3.05) is 6.54 Å². The standard InChI is InChI=1S/C16H18F2N2O/c1-3-12-8-11(10-19-4-2)9-15(20-12)21-14-7-5-6-13(17)16(14)18/h5-9,19H,3-4,10H2,1-2H3. The molecule has 2 rings (SSSR count). The third kappa shape index (κ3) is 3.98. The van der Waals surface area contributed by atoms with Gasteiger partial charge in [-0.15, -0.1) is 0 Å². The fourth-order valence-corrected chi connectivity index (χ4v) is 1.90. The zero-order chi connectivity index (χ0) is 15.2. The number of halogens is 2. The van der Waals surface area contributed by atoms with Gasteiger partial charge in [0, 0.05) is 18.3 Å². The zero-order valence-corrected chi connectivity index (χ0v) is 12.1. The topological polar surface area (TPSA) is 34.2 Å². The first-order valence-corrected chi connectivity index (χ1v) is 6.96. The number of nitrogens with one attached hydrogen (secondary N) is 1. The van der Waals surface area contributed by atoms with Gasteiger partial charge in [-0.05, 0) is 36.7 Å². The van der Waals surface area contributed by atoms with Crippen LogP contribution < -0.4 is 10.1 Å². The molecule has 0 fully saturated rings. The Morgan fingerprint density at radius 3 is 2.71 bits per heavy atom. The van der Waals surface area contributed by atoms with E-state index in [2.05, 4.69) is 10.3 Å². The van der Waals surface area contributed by atoms with Crippen molar-refractivity contribution >= 4 is 0 Å². The molecule has 0 bridgehead atoms. The maximum Gasteiger partial charge on any atom is 0.219 e. The summed E-state index contributed by atoms with van der Waals surface area (Å²) in [7, 11) is 0. The summed E-state index contributed by atoms with van der Waals surface area (Å²) in [5.41, 5.74) is 1.84. The van der Waals surface area contributed by atoms with Crippen molar-refractivity contribution in [2.24, 2.45) is 0 Å². The lowest BCUT2D eigenvalue weighted by Crippen LogP contribution is -2.12. The van der Waals surface area contributed by atoms with Crippen molar-refractivity contribution in [3.8, 4) is 11.6 Å². The van der Waals surface area contributed by atoms with Gasteiger partial charge in [0.2, 0.25) is 11.7 Å². The van der Waals surface area contributed by atoms with Gasteiger partial charge in [0.05, 0.1) is 0 Å². The minimum absolute atomic E-state index is 0.162. The van der Waals surface area contributed by atoms with E-state index in [0.717, 1.165) is 30.3 Å². The number of pyridine rings is 1. The SMILES string of the molecule is CCNCc1cc(CC)nc(Oc2cccc(F)c2F)c1. The molecule has 2 aromatic rings. The Bertz CT molecular complexity index is 617. The molecule has 0 aliphatic carbocycles. The first kappa shape index (κ1) is 15.4. The van der Waals surface area contributed by atoms with Crippen LogP contribution in [0.4, 0.5) is 8.78 Å². The van der Waals surface area contributed by atoms with Gasteiger partial charge in [-0.1, -0.05) is 19.9 Å². The van der Waals surface area contributed by atoms with Crippen molar-refractivity contribution < 1.29 is 13.5 Å². The molecular formula is C16H18F2N2O. The average molecular weight is 292 g/mol. The van der Waals surface area contributed by atoms with Crippen LogP contribution in [0.1, 0.15) is 25.1 Å². The molecule has 0 saturated heterocycles. The maximum atomic E-state index is 13.6. The Hall–Kier alpha value is -2.01. The summed E-state index contributed by atoms with van der Waals surface area (Å²) >= 11 is 0. The van der Waals surface area contributed by atoms with Crippen LogP contribution in [0.3, 0.4) is 0 Å². The molecule has 1 aromatic carbocycles. The smallest absolute Gasteiger partial charge is 0.219 e. The third-order valence-electron chi connectivity index (χ3n) is 2.99. The van der Waals surface area contributed by atoms with Gasteiger partial charge >= 0.3 is 0 Å². The fourth-order valence-electron chi connectivity index (χ4n) is 1.90. The molecule has 1 heterocycles. The van der Waals surface area contributed by atoms with Gasteiger partial charge in [0.15, 0.2) is 11.6 Å². The highest BCUT2D eigenvalue weighted by Gasteiger charge is 2.11. The second-order valence-electron chi connectivity index (χ2n) is 4.59. The number of benzene rings is 1. The summed E-state index contributed by atoms with van der Waals surface area (Å²) in [6, 6.07) is 7.53. The molecule has 0 spiro atoms. The maximum absolute atomic E-state index is 13.6. The second-order valence-corrected chi connectivity index (χ2v) is 4.59. The van der Waals surface area contributed by atoms with Crippen molar-refractivity contribution in [1.29, 1.82) is 0 Å². The summed E-state index contributed by atoms with van der Waals surface area (Å²) in [6.45, 7) is 5.51. The van der Waals surface area contributed by atoms with Gasteiger partial charge in [-0.25, -0.2) is 9.37 Å². The normalized spacial score (nSPS) is 10.7. The van der Waals surface area contributed by atoms with Crippen molar-refractivity contribution in [2.45, 2.75) is 26.8 Å². The summed E-state index contributed by atoms with van der Waals surface area (Å²) in [5.74, 6) is -1.83. The predicted molar refractivity (Wildman–Crippen MR) is 77.4 cm³/mol. The molecule has 1 aromatic heterocycles. The Morgan fingerprint density at radius 2 is 2.00 bits per heavy atom. The Balaban J connectivity index is 2.28. The number of nitrogens with zero attached hydrogens (tertiary/aromatic N) is 1. The molecule has 1 N–H and O–H groups in total. The van der Waals surface area contributed by atoms with E-state index < -0.39 is 11.6 Å². The average Bonchev–Trinajstić information content (AvgIpc) is 2.49. The molecule has 0 unspecified atom stereocenters. The molecule has 0 radical (unpaired) electrons. The van der Waals surface area contributed by atoms with E-state index in [9.17, 15) is 8.78 Å². The number of hydrogen-bond acceptors (Lipinski definition) is 3. The van der Waals surface area contributed by atoms with Crippen molar-refractivity contribution in [1.82, 2.24) is 10.3 Å². The monoisotopic (exact) mass is 292 g/mol. The molecule has 5 heteroatoms. The summed E-state index contributed by atoms with van der Waals surface area (Å²) in [5, 5.41) is 3.21. The molecular weight excluding hydrogens is 274 g/mol. The Labute approximate surface area is 123 Å². The van der Waals surface area contributed by atoms with E-state index in [-0.39, 0.29) is 11.6 Å². The van der Waals surface area contributed by atoms with Crippen molar-refractivity contribution in [3.63, 3.8) is 0 Å². The first-order chi connectivity index (χ1) is 10.1. The quantitative estimate of drug-likeness (QED) is 0.878. The third-order valence-corrected chi connectivity index (χ3v) is 2.99. The van der Waals surface area contributed by atoms with Crippen LogP contribution in [-0.4, -0.2) is 11.5 Å². The summed E-state index contributed by atoms with van der Waals surface area (Å²) in [4.78, 5) is 4.29. The van der Waals surface area contributed by atoms with E-state index in [4.69, 9.17) is 4.74 Å². The second kappa shape index (κ2) is 7.13. The molecule has 112 valence electrons. The van der Waals surface area contributed by atoms with Gasteiger partial charge in [-0.3, -0.25) is 0 Å². The van der Waals surface area contributed by atoms with Crippen LogP contribution in [-0.2, 0) is 13.0 Å². The van der Waals surface area contributed by atoms with E-state index in [0.29, 0.717) is 6.54 Å². The van der Waals surface area contributed by atoms with Gasteiger partial charge in [0.25, 0.3) is 0 Å². The molecule has 0 atom stereocenters. The van der Waals surface area contributed by atoms with Crippen molar-refractivity contribution in [3.05, 3.63) is 53.2 Å². The lowest BCUT2D eigenvalue weighted by molar-refractivity contribution is 0.404. The highest BCUT2D eigenvalue weighted by atomic mass is 19.2. The molecule has 3 nitrogen and oxygen atoms in total. The number of ether oxygens (including phenoxy) is 1. The largest absolute Gasteiger partial charge is 0.436 e. The highest BCUT2D eigenvalue weighted by Crippen LogP contribution is 2.25. The molecule has 0 aliphatic heterocycles. The van der Waals surface area contributed by atoms with Crippen LogP contribution in [0.25, 0.3) is 0 Å². The summed E-state index contributed by atoms with van der Waals surface area (Å²) < 4.78 is 32.2. The molecule has 0 aliphatic rings. The Kier molecular flexibility index (Phi) is 5.22. The van der Waals surface area contributed by atoms with E-state index in [1.807, 2.05) is 19.9 Å². The van der Waals surface area contributed by atoms with Gasteiger partial charge in [-0.2, -0.15) is 4.39 Å². The molecule has 0 amide bonds. The minimum Gasteiger partial charge on any atom is -0.436 e. The predicted octanol–water partition coefficient (Wildman–Crippen LogP) is 3.82. The van der Waals surface area contributed by atoms with E-state index in [1.165, 1.54) is 12.1 Å². The number of rotatable bonds is 6. The first-order valence-electron chi connectivity index (χ1n) is 6.96. The van der Waals surface area contributed by atoms with Crippen LogP contribution in [0.2, 0.25) is 0 Å². The number of hydrogen-bond donors (Lipinski definition) is 1. The fraction of sp³-hybridized carbons (Fsp3) is 0.312. The molecule has 21 heavy (non-hydrogen) atoms. The Morgan fingerprint density at radius 1 is 1.19 bits per heavy atom. The lowest BCUT2D eigenvalue weighted by Gasteiger charge is -2.10. The minimum atomic E-state index is -1.01. The van der Waals surface area contributed by atoms with Crippen LogP contribution >= 0.6 is 0 Å². The zero-order valence-electron chi connectivity index (χ0n) is 12.1. The van der Waals surface area contributed by atoms with Gasteiger partial charge < -0.3 is 10.1 Å². The number of aromatic nitrogens is 1. The van der Waals surface area contributed by atoms with E-state index in [1.54, 1.807) is 6.07 Å². The lowest BCUT2D eigenvalue weighted by atomic mass is 10.2. The summed E-state index contributed by atoms with van der Waals surface area (Å²) in [6.07, 6.45) is 0.738. The van der Waals surface area contributed by atoms with Crippen LogP contribution in [0, 0.1) is 11.6 Å². The van der Waals surface area contributed by atoms with Crippen LogP contribution in [0.15, 0.2) is 30.3 Å². The van der Waals surface area contributed by atoms with E-state index >= 15 is 0 Å². The molecule has 0 saturated carbocycles. The van der Waals surface area contributed by atoms with Gasteiger partial charge in [0.1, 0.15) is 0 Å².